The topological polar surface area (TPSA) is 128 Å². The first-order chi connectivity index (χ1) is 7.13. The molecule has 0 saturated carbocycles. The number of nitrogen functional groups attached to an aromatic ring is 1. The number of carboxylic acid groups (broad SMARTS) is 1. The van der Waals surface area contributed by atoms with E-state index < -0.39 is 12.6 Å². The molecule has 0 aliphatic carbocycles. The van der Waals surface area contributed by atoms with Gasteiger partial charge in [0.2, 0.25) is 12.5 Å². The minimum atomic E-state index is -1.20. The number of rotatable bonds is 5. The highest BCUT2D eigenvalue weighted by Crippen LogP contribution is 2.05. The van der Waals surface area contributed by atoms with Crippen LogP contribution in [-0.2, 0) is 14.4 Å². The van der Waals surface area contributed by atoms with Gasteiger partial charge in [-0.25, -0.2) is 4.79 Å². The smallest absolute Gasteiger partial charge is 0.344 e. The molecule has 8 nitrogen and oxygen atoms in total. The summed E-state index contributed by atoms with van der Waals surface area (Å²) in [5.41, 5.74) is 5.09. The van der Waals surface area contributed by atoms with Gasteiger partial charge in [-0.3, -0.25) is 4.79 Å². The molecule has 0 aliphatic rings. The summed E-state index contributed by atoms with van der Waals surface area (Å²) in [7, 11) is 0. The van der Waals surface area contributed by atoms with Crippen molar-refractivity contribution in [3.63, 3.8) is 0 Å². The van der Waals surface area contributed by atoms with Gasteiger partial charge in [-0.05, 0) is 0 Å². The Labute approximate surface area is 83.3 Å². The molecular formula is C7H7N3O5. The number of carbonyl (C=O) groups excluding carboxylic acids is 1. The average molecular weight is 213 g/mol. The summed E-state index contributed by atoms with van der Waals surface area (Å²) in [6.07, 6.45) is 0.346. The highest BCUT2D eigenvalue weighted by molar-refractivity contribution is 6.35. The molecule has 0 radical (unpaired) electrons. The van der Waals surface area contributed by atoms with Crippen molar-refractivity contribution in [3.8, 4) is 0 Å². The standard InChI is InChI=1S/C7H7N3O5/c8-6-1-4(10-15-6)5(2-11)9-14-3-7(12)13/h1-2H,3,8H2,(H,12,13)/b9-5-. The van der Waals surface area contributed by atoms with Crippen molar-refractivity contribution in [2.75, 3.05) is 12.3 Å². The van der Waals surface area contributed by atoms with Crippen molar-refractivity contribution < 1.29 is 24.1 Å². The number of carboxylic acids is 1. The Morgan fingerprint density at radius 3 is 3.00 bits per heavy atom. The second-order valence-electron chi connectivity index (χ2n) is 2.38. The van der Waals surface area contributed by atoms with Gasteiger partial charge in [-0.2, -0.15) is 0 Å². The summed E-state index contributed by atoms with van der Waals surface area (Å²) >= 11 is 0. The Morgan fingerprint density at radius 1 is 1.80 bits per heavy atom. The van der Waals surface area contributed by atoms with Crippen molar-refractivity contribution in [2.24, 2.45) is 5.16 Å². The Morgan fingerprint density at radius 2 is 2.53 bits per heavy atom. The van der Waals surface area contributed by atoms with Crippen molar-refractivity contribution in [1.29, 1.82) is 0 Å². The Balaban J connectivity index is 2.71. The summed E-state index contributed by atoms with van der Waals surface area (Å²) in [5.74, 6) is -1.19. The van der Waals surface area contributed by atoms with Gasteiger partial charge >= 0.3 is 5.97 Å². The SMILES string of the molecule is Nc1cc(/C(C=O)=N\OCC(=O)O)no1. The van der Waals surface area contributed by atoms with E-state index in [1.54, 1.807) is 0 Å². The number of hydrogen-bond acceptors (Lipinski definition) is 7. The third-order valence-electron chi connectivity index (χ3n) is 1.25. The first kappa shape index (κ1) is 10.7. The van der Waals surface area contributed by atoms with Gasteiger partial charge in [-0.1, -0.05) is 10.3 Å². The summed E-state index contributed by atoms with van der Waals surface area (Å²) in [6.45, 7) is -0.648. The van der Waals surface area contributed by atoms with Crippen LogP contribution in [0, 0.1) is 0 Å². The van der Waals surface area contributed by atoms with E-state index in [2.05, 4.69) is 19.7 Å². The predicted octanol–water partition coefficient (Wildman–Crippen LogP) is -0.739. The fraction of sp³-hybridized carbons (Fsp3) is 0.143. The van der Waals surface area contributed by atoms with Crippen molar-refractivity contribution in [2.45, 2.75) is 0 Å². The molecule has 0 unspecified atom stereocenters. The van der Waals surface area contributed by atoms with E-state index in [1.165, 1.54) is 6.07 Å². The molecule has 0 bridgehead atoms. The van der Waals surface area contributed by atoms with Gasteiger partial charge in [0.15, 0.2) is 12.0 Å². The number of nitrogens with two attached hydrogens (primary N) is 1. The third kappa shape index (κ3) is 3.10. The molecule has 0 saturated heterocycles. The van der Waals surface area contributed by atoms with Crippen molar-refractivity contribution >= 4 is 23.9 Å². The molecule has 1 aromatic heterocycles. The number of aldehydes is 1. The van der Waals surface area contributed by atoms with Crippen LogP contribution in [0.4, 0.5) is 5.88 Å². The van der Waals surface area contributed by atoms with Gasteiger partial charge in [0.1, 0.15) is 5.69 Å². The Kier molecular flexibility index (Phi) is 3.38. The molecule has 0 amide bonds. The van der Waals surface area contributed by atoms with E-state index in [1.807, 2.05) is 0 Å². The molecule has 1 rings (SSSR count). The normalized spacial score (nSPS) is 11.1. The molecule has 1 aromatic rings. The molecule has 3 N–H and O–H groups in total. The zero-order valence-electron chi connectivity index (χ0n) is 7.41. The first-order valence-electron chi connectivity index (χ1n) is 3.73. The van der Waals surface area contributed by atoms with Crippen LogP contribution >= 0.6 is 0 Å². The van der Waals surface area contributed by atoms with Crippen LogP contribution in [0.15, 0.2) is 15.7 Å². The van der Waals surface area contributed by atoms with E-state index in [0.29, 0.717) is 6.29 Å². The zero-order valence-corrected chi connectivity index (χ0v) is 7.41. The van der Waals surface area contributed by atoms with Crippen LogP contribution < -0.4 is 5.73 Å². The summed E-state index contributed by atoms with van der Waals surface area (Å²) < 4.78 is 4.49. The lowest BCUT2D eigenvalue weighted by atomic mass is 10.3. The highest BCUT2D eigenvalue weighted by Gasteiger charge is 2.09. The van der Waals surface area contributed by atoms with E-state index >= 15 is 0 Å². The molecule has 15 heavy (non-hydrogen) atoms. The zero-order chi connectivity index (χ0) is 11.3. The van der Waals surface area contributed by atoms with Crippen LogP contribution in [-0.4, -0.2) is 34.8 Å². The molecule has 8 heteroatoms. The predicted molar refractivity (Wildman–Crippen MR) is 47.1 cm³/mol. The maximum atomic E-state index is 10.5. The number of hydrogen-bond donors (Lipinski definition) is 2. The summed E-state index contributed by atoms with van der Waals surface area (Å²) in [6, 6.07) is 1.26. The number of nitrogens with zero attached hydrogens (tertiary/aromatic N) is 2. The second kappa shape index (κ2) is 4.74. The van der Waals surface area contributed by atoms with E-state index in [-0.39, 0.29) is 17.3 Å². The molecule has 80 valence electrons. The van der Waals surface area contributed by atoms with Gasteiger partial charge in [0.05, 0.1) is 0 Å². The molecular weight excluding hydrogens is 206 g/mol. The lowest BCUT2D eigenvalue weighted by Gasteiger charge is -1.94. The Bertz CT molecular complexity index is 397. The summed E-state index contributed by atoms with van der Waals surface area (Å²) in [4.78, 5) is 24.9. The molecule has 0 atom stereocenters. The quantitative estimate of drug-likeness (QED) is 0.374. The monoisotopic (exact) mass is 213 g/mol. The van der Waals surface area contributed by atoms with Crippen LogP contribution in [0.2, 0.25) is 0 Å². The minimum Gasteiger partial charge on any atom is -0.479 e. The largest absolute Gasteiger partial charge is 0.479 e. The average Bonchev–Trinajstić information content (AvgIpc) is 2.59. The van der Waals surface area contributed by atoms with Gasteiger partial charge in [0, 0.05) is 6.07 Å². The van der Waals surface area contributed by atoms with E-state index in [9.17, 15) is 9.59 Å². The molecule has 0 fully saturated rings. The fourth-order valence-electron chi connectivity index (χ4n) is 0.696. The van der Waals surface area contributed by atoms with Gasteiger partial charge < -0.3 is 20.2 Å². The van der Waals surface area contributed by atoms with Gasteiger partial charge in [0.25, 0.3) is 0 Å². The maximum Gasteiger partial charge on any atom is 0.344 e. The van der Waals surface area contributed by atoms with Crippen LogP contribution in [0.1, 0.15) is 5.69 Å². The number of anilines is 1. The fourth-order valence-corrected chi connectivity index (χ4v) is 0.696. The lowest BCUT2D eigenvalue weighted by Crippen LogP contribution is -2.08. The highest BCUT2D eigenvalue weighted by atomic mass is 16.6. The van der Waals surface area contributed by atoms with Crippen LogP contribution in [0.5, 0.6) is 0 Å². The summed E-state index contributed by atoms with van der Waals surface area (Å²) in [5, 5.41) is 14.9. The molecule has 0 aromatic carbocycles. The van der Waals surface area contributed by atoms with Crippen molar-refractivity contribution in [1.82, 2.24) is 5.16 Å². The number of carbonyl (C=O) groups is 2. The van der Waals surface area contributed by atoms with E-state index in [0.717, 1.165) is 0 Å². The van der Waals surface area contributed by atoms with Crippen molar-refractivity contribution in [3.05, 3.63) is 11.8 Å². The number of aromatic nitrogens is 1. The van der Waals surface area contributed by atoms with E-state index in [4.69, 9.17) is 10.8 Å². The Hall–Kier alpha value is -2.38. The number of oxime groups is 1. The maximum absolute atomic E-state index is 10.5. The van der Waals surface area contributed by atoms with Crippen LogP contribution in [0.25, 0.3) is 0 Å². The molecule has 0 aliphatic heterocycles. The second-order valence-corrected chi connectivity index (χ2v) is 2.38. The molecule has 0 spiro atoms. The van der Waals surface area contributed by atoms with Gasteiger partial charge in [-0.15, -0.1) is 0 Å². The number of aliphatic carboxylic acids is 1. The third-order valence-corrected chi connectivity index (χ3v) is 1.25. The lowest BCUT2D eigenvalue weighted by molar-refractivity contribution is -0.142. The minimum absolute atomic E-state index is 0.0118. The first-order valence-corrected chi connectivity index (χ1v) is 3.73. The van der Waals surface area contributed by atoms with Crippen LogP contribution in [0.3, 0.4) is 0 Å². The molecule has 1 heterocycles.